The minimum absolute atomic E-state index is 0.214. The van der Waals surface area contributed by atoms with Crippen LogP contribution in [-0.2, 0) is 14.4 Å². The fourth-order valence-electron chi connectivity index (χ4n) is 3.64. The van der Waals surface area contributed by atoms with Gasteiger partial charge in [0.05, 0.1) is 18.2 Å². The van der Waals surface area contributed by atoms with E-state index >= 15 is 0 Å². The van der Waals surface area contributed by atoms with Crippen LogP contribution >= 0.6 is 0 Å². The first-order valence-corrected chi connectivity index (χ1v) is 8.69. The Morgan fingerprint density at radius 2 is 1.75 bits per heavy atom. The van der Waals surface area contributed by atoms with Gasteiger partial charge in [-0.15, -0.1) is 0 Å². The molecule has 1 N–H and O–H groups in total. The molecule has 1 saturated carbocycles. The van der Waals surface area contributed by atoms with Gasteiger partial charge in [-0.25, -0.2) is 14.7 Å². The van der Waals surface area contributed by atoms with E-state index in [1.807, 2.05) is 41.5 Å². The molecule has 136 valence electrons. The normalized spacial score (nSPS) is 23.5. The molecule has 0 aromatic heterocycles. The van der Waals surface area contributed by atoms with E-state index < -0.39 is 22.7 Å². The van der Waals surface area contributed by atoms with Gasteiger partial charge in [-0.2, -0.15) is 0 Å². The molecule has 6 heteroatoms. The second kappa shape index (κ2) is 6.41. The maximum absolute atomic E-state index is 12.2. The number of amides is 1. The van der Waals surface area contributed by atoms with Crippen molar-refractivity contribution in [1.29, 1.82) is 0 Å². The summed E-state index contributed by atoms with van der Waals surface area (Å²) < 4.78 is 5.39. The van der Waals surface area contributed by atoms with E-state index in [4.69, 9.17) is 9.57 Å². The van der Waals surface area contributed by atoms with Gasteiger partial charge in [-0.1, -0.05) is 12.8 Å². The smallest absolute Gasteiger partial charge is 0.407 e. The highest BCUT2D eigenvalue weighted by molar-refractivity contribution is 5.69. The molecular weight excluding hydrogens is 308 g/mol. The van der Waals surface area contributed by atoms with E-state index in [2.05, 4.69) is 11.3 Å². The van der Waals surface area contributed by atoms with E-state index in [1.54, 1.807) is 5.06 Å². The summed E-state index contributed by atoms with van der Waals surface area (Å²) in [6.07, 6.45) is 3.30. The largest absolute Gasteiger partial charge is 0.444 e. The number of rotatable bonds is 2. The van der Waals surface area contributed by atoms with Crippen molar-refractivity contribution in [3.63, 3.8) is 0 Å². The molecule has 24 heavy (non-hydrogen) atoms. The summed E-state index contributed by atoms with van der Waals surface area (Å²) in [4.78, 5) is 29.9. The summed E-state index contributed by atoms with van der Waals surface area (Å²) in [7, 11) is 0. The lowest BCUT2D eigenvalue weighted by molar-refractivity contribution is -0.200. The molecule has 0 radical (unpaired) electrons. The van der Waals surface area contributed by atoms with Crippen LogP contribution in [0, 0.1) is 5.41 Å². The van der Waals surface area contributed by atoms with Crippen molar-refractivity contribution in [1.82, 2.24) is 10.4 Å². The Kier molecular flexibility index (Phi) is 5.03. The first-order chi connectivity index (χ1) is 11.0. The van der Waals surface area contributed by atoms with Crippen LogP contribution in [0.25, 0.3) is 0 Å². The first-order valence-electron chi connectivity index (χ1n) is 8.69. The first kappa shape index (κ1) is 18.8. The maximum Gasteiger partial charge on any atom is 0.407 e. The third kappa shape index (κ3) is 4.11. The van der Waals surface area contributed by atoms with Gasteiger partial charge < -0.3 is 10.1 Å². The second-order valence-electron chi connectivity index (χ2n) is 8.78. The van der Waals surface area contributed by atoms with Crippen LogP contribution in [0.2, 0.25) is 0 Å². The standard InChI is InChI=1S/C18H30N2O4/c1-16(2,3)23-15(22)19-13-11-20(24-17(4,5)6)14(12-21)18(13)9-7-8-10-18/h13H,7-11H2,1-6H3,(H,19,22). The van der Waals surface area contributed by atoms with Crippen LogP contribution in [0.5, 0.6) is 0 Å². The van der Waals surface area contributed by atoms with Gasteiger partial charge in [0.15, 0.2) is 0 Å². The highest BCUT2D eigenvalue weighted by atomic mass is 16.7. The molecule has 1 spiro atoms. The van der Waals surface area contributed by atoms with Crippen LogP contribution in [0.15, 0.2) is 5.70 Å². The molecule has 2 aliphatic rings. The monoisotopic (exact) mass is 338 g/mol. The average Bonchev–Trinajstić information content (AvgIpc) is 2.93. The van der Waals surface area contributed by atoms with Gasteiger partial charge in [-0.05, 0) is 54.4 Å². The number of carbonyl (C=O) groups is 1. The van der Waals surface area contributed by atoms with Gasteiger partial charge in [0.2, 0.25) is 0 Å². The number of ether oxygens (including phenoxy) is 1. The lowest BCUT2D eigenvalue weighted by Crippen LogP contribution is -2.47. The van der Waals surface area contributed by atoms with Crippen molar-refractivity contribution in [3.05, 3.63) is 5.70 Å². The molecule has 1 heterocycles. The fraction of sp³-hybridized carbons (Fsp3) is 0.833. The number of hydrogen-bond donors (Lipinski definition) is 1. The summed E-state index contributed by atoms with van der Waals surface area (Å²) in [6, 6.07) is -0.214. The lowest BCUT2D eigenvalue weighted by Gasteiger charge is -2.31. The molecule has 1 unspecified atom stereocenters. The van der Waals surface area contributed by atoms with Crippen LogP contribution in [-0.4, -0.2) is 40.9 Å². The van der Waals surface area contributed by atoms with Gasteiger partial charge in [0.25, 0.3) is 0 Å². The van der Waals surface area contributed by atoms with Gasteiger partial charge >= 0.3 is 6.09 Å². The molecule has 1 aliphatic carbocycles. The Hall–Kier alpha value is -1.52. The maximum atomic E-state index is 12.2. The summed E-state index contributed by atoms with van der Waals surface area (Å²) in [5.74, 6) is 2.10. The van der Waals surface area contributed by atoms with Crippen LogP contribution in [0.4, 0.5) is 4.79 Å². The van der Waals surface area contributed by atoms with Crippen LogP contribution in [0.3, 0.4) is 0 Å². The molecule has 1 saturated heterocycles. The SMILES string of the molecule is CC(C)(C)OC(=O)NC1CN(OC(C)(C)C)C(=C=O)C12CCCC2. The van der Waals surface area contributed by atoms with Crippen molar-refractivity contribution in [2.45, 2.75) is 84.5 Å². The third-order valence-electron chi connectivity index (χ3n) is 4.40. The molecule has 1 aliphatic heterocycles. The van der Waals surface area contributed by atoms with E-state index in [9.17, 15) is 9.59 Å². The number of carbonyl (C=O) groups excluding carboxylic acids is 2. The average molecular weight is 338 g/mol. The molecule has 0 bridgehead atoms. The Bertz CT molecular complexity index is 532. The highest BCUT2D eigenvalue weighted by Gasteiger charge is 2.55. The minimum atomic E-state index is -0.559. The Balaban J connectivity index is 2.23. The van der Waals surface area contributed by atoms with Gasteiger partial charge in [0, 0.05) is 5.41 Å². The number of hydrogen-bond acceptors (Lipinski definition) is 5. The molecule has 6 nitrogen and oxygen atoms in total. The van der Waals surface area contributed by atoms with Crippen molar-refractivity contribution in [2.24, 2.45) is 5.41 Å². The number of hydroxylamine groups is 2. The zero-order valence-corrected chi connectivity index (χ0v) is 15.7. The molecule has 2 fully saturated rings. The Morgan fingerprint density at radius 3 is 2.21 bits per heavy atom. The predicted molar refractivity (Wildman–Crippen MR) is 90.8 cm³/mol. The van der Waals surface area contributed by atoms with Crippen molar-refractivity contribution < 1.29 is 19.2 Å². The summed E-state index contributed by atoms with van der Waals surface area (Å²) in [6.45, 7) is 11.7. The zero-order valence-electron chi connectivity index (χ0n) is 15.7. The molecule has 0 aromatic carbocycles. The second-order valence-corrected chi connectivity index (χ2v) is 8.78. The zero-order chi connectivity index (χ0) is 18.2. The molecule has 1 amide bonds. The summed E-state index contributed by atoms with van der Waals surface area (Å²) >= 11 is 0. The van der Waals surface area contributed by atoms with Crippen LogP contribution in [0.1, 0.15) is 67.2 Å². The lowest BCUT2D eigenvalue weighted by atomic mass is 9.79. The van der Waals surface area contributed by atoms with Gasteiger partial charge in [0.1, 0.15) is 17.2 Å². The summed E-state index contributed by atoms with van der Waals surface area (Å²) in [5.41, 5.74) is -0.862. The fourth-order valence-corrected chi connectivity index (χ4v) is 3.64. The third-order valence-corrected chi connectivity index (χ3v) is 4.40. The van der Waals surface area contributed by atoms with E-state index in [-0.39, 0.29) is 6.04 Å². The van der Waals surface area contributed by atoms with Crippen molar-refractivity contribution in [3.8, 4) is 0 Å². The predicted octanol–water partition coefficient (Wildman–Crippen LogP) is 3.20. The molecular formula is C18H30N2O4. The van der Waals surface area contributed by atoms with Crippen molar-refractivity contribution >= 4 is 12.0 Å². The van der Waals surface area contributed by atoms with Gasteiger partial charge in [-0.3, -0.25) is 4.84 Å². The molecule has 1 atom stereocenters. The Morgan fingerprint density at radius 1 is 1.17 bits per heavy atom. The van der Waals surface area contributed by atoms with E-state index in [0.717, 1.165) is 25.7 Å². The van der Waals surface area contributed by atoms with E-state index in [1.165, 1.54) is 0 Å². The quantitative estimate of drug-likeness (QED) is 0.783. The molecule has 0 aromatic rings. The topological polar surface area (TPSA) is 67.9 Å². The van der Waals surface area contributed by atoms with Crippen molar-refractivity contribution in [2.75, 3.05) is 6.54 Å². The highest BCUT2D eigenvalue weighted by Crippen LogP contribution is 2.51. The summed E-state index contributed by atoms with van der Waals surface area (Å²) in [5, 5.41) is 4.59. The van der Waals surface area contributed by atoms with Crippen LogP contribution < -0.4 is 5.32 Å². The number of nitrogens with one attached hydrogen (secondary N) is 1. The van der Waals surface area contributed by atoms with E-state index in [0.29, 0.717) is 12.2 Å². The number of nitrogens with zero attached hydrogens (tertiary/aromatic N) is 1. The number of alkyl carbamates (subject to hydrolysis) is 1. The minimum Gasteiger partial charge on any atom is -0.444 e. The Labute approximate surface area is 144 Å². The molecule has 2 rings (SSSR count).